The van der Waals surface area contributed by atoms with Crippen molar-refractivity contribution >= 4 is 14.0 Å². The Balaban J connectivity index is 2.34. The number of nitrogens with zero attached hydrogens (tertiary/aromatic N) is 1. The zero-order valence-corrected chi connectivity index (χ0v) is 9.03. The van der Waals surface area contributed by atoms with Gasteiger partial charge in [0.2, 0.25) is 0 Å². The molecule has 1 heterocycles. The summed E-state index contributed by atoms with van der Waals surface area (Å²) < 4.78 is 30.6. The van der Waals surface area contributed by atoms with E-state index in [0.717, 1.165) is 18.6 Å². The predicted molar refractivity (Wildman–Crippen MR) is 57.1 cm³/mol. The molecule has 2 rings (SSSR count). The van der Waals surface area contributed by atoms with Crippen LogP contribution in [0.4, 0.5) is 8.78 Å². The molecule has 1 aliphatic heterocycles. The van der Waals surface area contributed by atoms with Crippen molar-refractivity contribution in [2.75, 3.05) is 13.1 Å². The van der Waals surface area contributed by atoms with Crippen molar-refractivity contribution in [1.29, 1.82) is 0 Å². The number of rotatable bonds is 3. The van der Waals surface area contributed by atoms with Gasteiger partial charge in [0.1, 0.15) is 17.7 Å². The zero-order valence-electron chi connectivity index (χ0n) is 9.03. The third-order valence-corrected chi connectivity index (χ3v) is 2.85. The molecule has 3 nitrogen and oxygen atoms in total. The minimum atomic E-state index is -0.894. The van der Waals surface area contributed by atoms with E-state index in [1.54, 1.807) is 4.90 Å². The SMILES string of the molecule is [B]OC(=O)C(c1ccc(F)cc1F)N1CCC1. The standard InChI is InChI=1S/C11H10BF2NO2/c12-17-11(16)10(15-4-1-5-15)8-3-2-7(13)6-9(8)14/h2-3,6,10H,1,4-5H2. The lowest BCUT2D eigenvalue weighted by Crippen LogP contribution is -2.44. The fourth-order valence-electron chi connectivity index (χ4n) is 1.86. The minimum absolute atomic E-state index is 0.0848. The molecule has 0 saturated carbocycles. The highest BCUT2D eigenvalue weighted by Crippen LogP contribution is 2.28. The Hall–Kier alpha value is -1.43. The molecule has 1 atom stereocenters. The number of hydrogen-bond donors (Lipinski definition) is 0. The van der Waals surface area contributed by atoms with E-state index in [4.69, 9.17) is 8.05 Å². The summed E-state index contributed by atoms with van der Waals surface area (Å²) >= 11 is 0. The maximum atomic E-state index is 13.6. The molecular weight excluding hydrogens is 227 g/mol. The van der Waals surface area contributed by atoms with Crippen LogP contribution >= 0.6 is 0 Å². The quantitative estimate of drug-likeness (QED) is 0.743. The predicted octanol–water partition coefficient (Wildman–Crippen LogP) is 1.34. The first-order valence-corrected chi connectivity index (χ1v) is 5.23. The second-order valence-electron chi connectivity index (χ2n) is 3.89. The number of carbonyl (C=O) groups is 1. The van der Waals surface area contributed by atoms with Gasteiger partial charge >= 0.3 is 14.0 Å². The van der Waals surface area contributed by atoms with Crippen LogP contribution in [0.15, 0.2) is 18.2 Å². The molecule has 1 aliphatic rings. The Morgan fingerprint density at radius 2 is 2.12 bits per heavy atom. The molecule has 6 heteroatoms. The van der Waals surface area contributed by atoms with Gasteiger partial charge in [-0.3, -0.25) is 9.69 Å². The summed E-state index contributed by atoms with van der Waals surface area (Å²) in [5.74, 6) is -2.20. The minimum Gasteiger partial charge on any atom is -0.542 e. The average Bonchev–Trinajstić information content (AvgIpc) is 2.23. The third-order valence-electron chi connectivity index (χ3n) is 2.85. The first-order chi connectivity index (χ1) is 8.13. The van der Waals surface area contributed by atoms with Crippen molar-refractivity contribution in [2.24, 2.45) is 0 Å². The molecule has 1 aromatic carbocycles. The smallest absolute Gasteiger partial charge is 0.378 e. The fourth-order valence-corrected chi connectivity index (χ4v) is 1.86. The van der Waals surface area contributed by atoms with Crippen LogP contribution < -0.4 is 0 Å². The molecule has 2 radical (unpaired) electrons. The Labute approximate surface area is 98.8 Å². The van der Waals surface area contributed by atoms with E-state index in [-0.39, 0.29) is 5.56 Å². The van der Waals surface area contributed by atoms with Gasteiger partial charge in [-0.05, 0) is 12.5 Å². The van der Waals surface area contributed by atoms with Crippen LogP contribution in [-0.4, -0.2) is 32.0 Å². The van der Waals surface area contributed by atoms with Crippen LogP contribution in [0, 0.1) is 11.6 Å². The Morgan fingerprint density at radius 3 is 2.59 bits per heavy atom. The summed E-state index contributed by atoms with van der Waals surface area (Å²) in [7, 11) is 4.83. The van der Waals surface area contributed by atoms with Crippen LogP contribution in [0.3, 0.4) is 0 Å². The number of hydrogen-bond acceptors (Lipinski definition) is 3. The van der Waals surface area contributed by atoms with E-state index in [1.807, 2.05) is 0 Å². The molecule has 0 aromatic heterocycles. The zero-order chi connectivity index (χ0) is 12.4. The first kappa shape index (κ1) is 12.0. The van der Waals surface area contributed by atoms with Crippen molar-refractivity contribution in [3.8, 4) is 0 Å². The van der Waals surface area contributed by atoms with Crippen LogP contribution in [0.25, 0.3) is 0 Å². The monoisotopic (exact) mass is 237 g/mol. The summed E-state index contributed by atoms with van der Waals surface area (Å²) in [6.07, 6.45) is 0.928. The fraction of sp³-hybridized carbons (Fsp3) is 0.364. The van der Waals surface area contributed by atoms with Crippen LogP contribution in [0.2, 0.25) is 0 Å². The van der Waals surface area contributed by atoms with Gasteiger partial charge in [0.05, 0.1) is 0 Å². The van der Waals surface area contributed by atoms with Gasteiger partial charge in [-0.1, -0.05) is 6.07 Å². The Morgan fingerprint density at radius 1 is 1.41 bits per heavy atom. The van der Waals surface area contributed by atoms with Crippen molar-refractivity contribution < 1.29 is 18.2 Å². The second kappa shape index (κ2) is 4.83. The lowest BCUT2D eigenvalue weighted by molar-refractivity contribution is -0.142. The number of likely N-dealkylation sites (tertiary alicyclic amines) is 1. The van der Waals surface area contributed by atoms with Crippen LogP contribution in [0.1, 0.15) is 18.0 Å². The van der Waals surface area contributed by atoms with Crippen molar-refractivity contribution in [3.63, 3.8) is 0 Å². The van der Waals surface area contributed by atoms with Gasteiger partial charge in [0.25, 0.3) is 0 Å². The molecule has 0 N–H and O–H groups in total. The molecule has 0 bridgehead atoms. The molecule has 17 heavy (non-hydrogen) atoms. The van der Waals surface area contributed by atoms with Crippen molar-refractivity contribution in [3.05, 3.63) is 35.4 Å². The normalized spacial score (nSPS) is 17.3. The molecule has 1 unspecified atom stereocenters. The summed E-state index contributed by atoms with van der Waals surface area (Å²) in [6.45, 7) is 1.33. The van der Waals surface area contributed by atoms with Crippen LogP contribution in [-0.2, 0) is 9.45 Å². The lowest BCUT2D eigenvalue weighted by atomic mass is 10.0. The molecular formula is C11H10BF2NO2. The number of carbonyl (C=O) groups excluding carboxylic acids is 1. The maximum Gasteiger partial charge on any atom is 0.378 e. The second-order valence-corrected chi connectivity index (χ2v) is 3.89. The van der Waals surface area contributed by atoms with Gasteiger partial charge in [-0.2, -0.15) is 0 Å². The van der Waals surface area contributed by atoms with E-state index >= 15 is 0 Å². The highest BCUT2D eigenvalue weighted by atomic mass is 19.1. The summed E-state index contributed by atoms with van der Waals surface area (Å²) in [4.78, 5) is 13.3. The number of benzene rings is 1. The lowest BCUT2D eigenvalue weighted by Gasteiger charge is -2.37. The highest BCUT2D eigenvalue weighted by Gasteiger charge is 2.33. The molecule has 88 valence electrons. The van der Waals surface area contributed by atoms with Gasteiger partial charge in [0, 0.05) is 24.7 Å². The highest BCUT2D eigenvalue weighted by molar-refractivity contribution is 6.06. The number of halogens is 2. The van der Waals surface area contributed by atoms with E-state index < -0.39 is 23.6 Å². The molecule has 1 aromatic rings. The molecule has 0 amide bonds. The van der Waals surface area contributed by atoms with Gasteiger partial charge in [0.15, 0.2) is 0 Å². The molecule has 0 aliphatic carbocycles. The van der Waals surface area contributed by atoms with Crippen LogP contribution in [0.5, 0.6) is 0 Å². The summed E-state index contributed by atoms with van der Waals surface area (Å²) in [5, 5.41) is 0. The Bertz CT molecular complexity index is 437. The summed E-state index contributed by atoms with van der Waals surface area (Å²) in [5.41, 5.74) is 0.0848. The van der Waals surface area contributed by atoms with E-state index in [2.05, 4.69) is 4.65 Å². The third kappa shape index (κ3) is 2.31. The largest absolute Gasteiger partial charge is 0.542 e. The van der Waals surface area contributed by atoms with Gasteiger partial charge in [-0.15, -0.1) is 0 Å². The van der Waals surface area contributed by atoms with E-state index in [9.17, 15) is 13.6 Å². The maximum absolute atomic E-state index is 13.6. The van der Waals surface area contributed by atoms with Crippen molar-refractivity contribution in [1.82, 2.24) is 4.90 Å². The van der Waals surface area contributed by atoms with Gasteiger partial charge in [-0.25, -0.2) is 8.78 Å². The molecule has 1 saturated heterocycles. The first-order valence-electron chi connectivity index (χ1n) is 5.23. The average molecular weight is 237 g/mol. The topological polar surface area (TPSA) is 29.5 Å². The molecule has 0 spiro atoms. The summed E-state index contributed by atoms with van der Waals surface area (Å²) in [6, 6.07) is 2.19. The van der Waals surface area contributed by atoms with E-state index in [1.165, 1.54) is 6.07 Å². The van der Waals surface area contributed by atoms with Crippen molar-refractivity contribution in [2.45, 2.75) is 12.5 Å². The van der Waals surface area contributed by atoms with E-state index in [0.29, 0.717) is 13.1 Å². The Kier molecular flexibility index (Phi) is 3.42. The van der Waals surface area contributed by atoms with Gasteiger partial charge < -0.3 is 4.65 Å². The molecule has 1 fully saturated rings.